The first-order valence-electron chi connectivity index (χ1n) is 8.59. The molecule has 3 rings (SSSR count). The van der Waals surface area contributed by atoms with Crippen LogP contribution in [-0.4, -0.2) is 26.2 Å². The van der Waals surface area contributed by atoms with Gasteiger partial charge in [-0.2, -0.15) is 0 Å². The van der Waals surface area contributed by atoms with E-state index in [1.54, 1.807) is 32.0 Å². The quantitative estimate of drug-likeness (QED) is 0.254. The van der Waals surface area contributed by atoms with Crippen molar-refractivity contribution in [1.29, 1.82) is 0 Å². The fourth-order valence-corrected chi connectivity index (χ4v) is 3.21. The lowest BCUT2D eigenvalue weighted by Gasteiger charge is -2.04. The maximum absolute atomic E-state index is 11.6. The molecule has 0 atom stereocenters. The van der Waals surface area contributed by atoms with Crippen molar-refractivity contribution in [2.75, 3.05) is 0 Å². The Labute approximate surface area is 169 Å². The van der Waals surface area contributed by atoms with Gasteiger partial charge in [-0.05, 0) is 49.4 Å². The number of aryl methyl sites for hydroxylation is 2. The Bertz CT molecular complexity index is 1120. The van der Waals surface area contributed by atoms with Crippen LogP contribution in [0.5, 0.6) is 0 Å². The first-order valence-corrected chi connectivity index (χ1v) is 9.41. The molecule has 10 heteroatoms. The Morgan fingerprint density at radius 3 is 2.66 bits per heavy atom. The first kappa shape index (κ1) is 20.3. The number of furan rings is 1. The Morgan fingerprint density at radius 2 is 2.03 bits per heavy atom. The molecule has 0 bridgehead atoms. The SMILES string of the molecule is CCc1nnc(S/C(=C\c2ccc(-c3cc(C)c(C)c([N+](=O)[O-])c3)o2)C(=O)O)o1. The van der Waals surface area contributed by atoms with E-state index in [2.05, 4.69) is 10.2 Å². The molecule has 29 heavy (non-hydrogen) atoms. The lowest BCUT2D eigenvalue weighted by Crippen LogP contribution is -1.96. The number of hydrogen-bond acceptors (Lipinski definition) is 8. The van der Waals surface area contributed by atoms with E-state index >= 15 is 0 Å². The van der Waals surface area contributed by atoms with Crippen LogP contribution in [0.4, 0.5) is 5.69 Å². The van der Waals surface area contributed by atoms with Crippen molar-refractivity contribution in [3.05, 3.63) is 62.1 Å². The normalized spacial score (nSPS) is 11.6. The van der Waals surface area contributed by atoms with E-state index in [9.17, 15) is 20.0 Å². The van der Waals surface area contributed by atoms with Crippen molar-refractivity contribution >= 4 is 29.5 Å². The number of nitro groups is 1. The van der Waals surface area contributed by atoms with Crippen molar-refractivity contribution in [2.45, 2.75) is 32.4 Å². The van der Waals surface area contributed by atoms with Crippen molar-refractivity contribution in [1.82, 2.24) is 10.2 Å². The van der Waals surface area contributed by atoms with E-state index in [0.29, 0.717) is 29.2 Å². The topological polar surface area (TPSA) is 132 Å². The van der Waals surface area contributed by atoms with Gasteiger partial charge in [0.15, 0.2) is 0 Å². The van der Waals surface area contributed by atoms with Gasteiger partial charge in [0.1, 0.15) is 16.4 Å². The standard InChI is InChI=1S/C19H17N3O6S/c1-4-17-20-21-19(28-17)29-16(18(23)24)9-13-5-6-15(27-13)12-7-10(2)11(3)14(8-12)22(25)26/h5-9H,4H2,1-3H3,(H,23,24)/b16-9-. The molecule has 0 spiro atoms. The Morgan fingerprint density at radius 1 is 1.28 bits per heavy atom. The van der Waals surface area contributed by atoms with Crippen LogP contribution in [0, 0.1) is 24.0 Å². The smallest absolute Gasteiger partial charge is 0.342 e. The zero-order valence-corrected chi connectivity index (χ0v) is 16.6. The zero-order valence-electron chi connectivity index (χ0n) is 15.8. The van der Waals surface area contributed by atoms with E-state index in [1.807, 2.05) is 6.92 Å². The molecule has 0 unspecified atom stereocenters. The van der Waals surface area contributed by atoms with Crippen LogP contribution in [0.1, 0.15) is 29.7 Å². The lowest BCUT2D eigenvalue weighted by atomic mass is 10.0. The molecule has 0 saturated heterocycles. The number of rotatable bonds is 7. The number of carboxylic acid groups (broad SMARTS) is 1. The molecule has 0 radical (unpaired) electrons. The Hall–Kier alpha value is -3.40. The Balaban J connectivity index is 1.91. The highest BCUT2D eigenvalue weighted by Crippen LogP contribution is 2.32. The van der Waals surface area contributed by atoms with Crippen LogP contribution in [0.15, 0.2) is 43.2 Å². The third-order valence-corrected chi connectivity index (χ3v) is 5.03. The number of aromatic nitrogens is 2. The largest absolute Gasteiger partial charge is 0.477 e. The van der Waals surface area contributed by atoms with Crippen molar-refractivity contribution in [3.63, 3.8) is 0 Å². The van der Waals surface area contributed by atoms with Crippen LogP contribution in [0.2, 0.25) is 0 Å². The number of carboxylic acids is 1. The van der Waals surface area contributed by atoms with Gasteiger partial charge >= 0.3 is 5.97 Å². The molecule has 9 nitrogen and oxygen atoms in total. The summed E-state index contributed by atoms with van der Waals surface area (Å²) >= 11 is 0.816. The molecular weight excluding hydrogens is 398 g/mol. The average molecular weight is 415 g/mol. The number of benzene rings is 1. The van der Waals surface area contributed by atoms with E-state index in [-0.39, 0.29) is 21.6 Å². The molecule has 0 aliphatic rings. The Kier molecular flexibility index (Phi) is 5.83. The molecule has 1 N–H and O–H groups in total. The lowest BCUT2D eigenvalue weighted by molar-refractivity contribution is -0.385. The molecule has 0 aliphatic heterocycles. The van der Waals surface area contributed by atoms with E-state index < -0.39 is 10.9 Å². The van der Waals surface area contributed by atoms with Gasteiger partial charge in [-0.25, -0.2) is 4.79 Å². The van der Waals surface area contributed by atoms with Gasteiger partial charge in [-0.3, -0.25) is 10.1 Å². The first-order chi connectivity index (χ1) is 13.8. The minimum Gasteiger partial charge on any atom is -0.477 e. The number of thioether (sulfide) groups is 1. The minimum atomic E-state index is -1.17. The summed E-state index contributed by atoms with van der Waals surface area (Å²) in [7, 11) is 0. The van der Waals surface area contributed by atoms with Crippen LogP contribution >= 0.6 is 11.8 Å². The summed E-state index contributed by atoms with van der Waals surface area (Å²) in [6, 6.07) is 6.44. The van der Waals surface area contributed by atoms with Gasteiger partial charge in [0, 0.05) is 29.7 Å². The summed E-state index contributed by atoms with van der Waals surface area (Å²) in [5, 5.41) is 28.4. The summed E-state index contributed by atoms with van der Waals surface area (Å²) in [6.07, 6.45) is 1.88. The number of nitrogens with zero attached hydrogens (tertiary/aromatic N) is 3. The third-order valence-electron chi connectivity index (χ3n) is 4.18. The molecule has 1 aromatic carbocycles. The summed E-state index contributed by atoms with van der Waals surface area (Å²) < 4.78 is 11.0. The van der Waals surface area contributed by atoms with Crippen molar-refractivity contribution in [2.24, 2.45) is 0 Å². The molecule has 0 amide bonds. The van der Waals surface area contributed by atoms with Crippen LogP contribution in [-0.2, 0) is 11.2 Å². The second kappa shape index (κ2) is 8.31. The highest BCUT2D eigenvalue weighted by atomic mass is 32.2. The summed E-state index contributed by atoms with van der Waals surface area (Å²) in [4.78, 5) is 22.3. The molecule has 0 aliphatic carbocycles. The van der Waals surface area contributed by atoms with Gasteiger partial charge in [-0.15, -0.1) is 10.2 Å². The second-order valence-corrected chi connectivity index (χ2v) is 7.12. The zero-order chi connectivity index (χ0) is 21.1. The van der Waals surface area contributed by atoms with E-state index in [0.717, 1.165) is 17.3 Å². The molecule has 0 saturated carbocycles. The predicted octanol–water partition coefficient (Wildman–Crippen LogP) is 4.63. The highest BCUT2D eigenvalue weighted by Gasteiger charge is 2.18. The summed E-state index contributed by atoms with van der Waals surface area (Å²) in [5.41, 5.74) is 1.88. The van der Waals surface area contributed by atoms with E-state index in [4.69, 9.17) is 8.83 Å². The molecule has 0 fully saturated rings. The van der Waals surface area contributed by atoms with Gasteiger partial charge in [0.25, 0.3) is 10.9 Å². The van der Waals surface area contributed by atoms with Crippen LogP contribution in [0.3, 0.4) is 0 Å². The third kappa shape index (κ3) is 4.54. The number of carbonyl (C=O) groups is 1. The monoisotopic (exact) mass is 415 g/mol. The highest BCUT2D eigenvalue weighted by molar-refractivity contribution is 8.03. The maximum atomic E-state index is 11.6. The van der Waals surface area contributed by atoms with Crippen molar-refractivity contribution in [3.8, 4) is 11.3 Å². The maximum Gasteiger partial charge on any atom is 0.342 e. The van der Waals surface area contributed by atoms with E-state index in [1.165, 1.54) is 12.1 Å². The van der Waals surface area contributed by atoms with Gasteiger partial charge in [-0.1, -0.05) is 6.92 Å². The van der Waals surface area contributed by atoms with Crippen LogP contribution in [0.25, 0.3) is 17.4 Å². The number of nitro benzene ring substituents is 1. The fourth-order valence-electron chi connectivity index (χ4n) is 2.54. The molecule has 150 valence electrons. The number of aliphatic carboxylic acids is 1. The minimum absolute atomic E-state index is 0.00149. The number of hydrogen-bond donors (Lipinski definition) is 1. The van der Waals surface area contributed by atoms with Gasteiger partial charge < -0.3 is 13.9 Å². The average Bonchev–Trinajstić information content (AvgIpc) is 3.32. The van der Waals surface area contributed by atoms with Gasteiger partial charge in [0.2, 0.25) is 5.89 Å². The molecule has 2 aromatic heterocycles. The molecule has 3 aromatic rings. The van der Waals surface area contributed by atoms with Gasteiger partial charge in [0.05, 0.1) is 4.92 Å². The molecular formula is C19H17N3O6S. The molecule has 2 heterocycles. The summed E-state index contributed by atoms with van der Waals surface area (Å²) in [5.74, 6) is -0.0934. The van der Waals surface area contributed by atoms with Crippen molar-refractivity contribution < 1.29 is 23.7 Å². The summed E-state index contributed by atoms with van der Waals surface area (Å²) in [6.45, 7) is 5.31. The predicted molar refractivity (Wildman–Crippen MR) is 105 cm³/mol. The van der Waals surface area contributed by atoms with Crippen LogP contribution < -0.4 is 0 Å². The second-order valence-electron chi connectivity index (χ2n) is 6.13. The fraction of sp³-hybridized carbons (Fsp3) is 0.211.